The molecule has 0 fully saturated rings. The van der Waals surface area contributed by atoms with Gasteiger partial charge in [0.05, 0.1) is 17.2 Å². The van der Waals surface area contributed by atoms with Crippen LogP contribution in [0.15, 0.2) is 70.6 Å². The van der Waals surface area contributed by atoms with Gasteiger partial charge in [0.1, 0.15) is 10.8 Å². The van der Waals surface area contributed by atoms with Crippen LogP contribution in [0.3, 0.4) is 0 Å². The molecule has 0 saturated carbocycles. The van der Waals surface area contributed by atoms with Crippen molar-refractivity contribution in [2.24, 2.45) is 4.99 Å². The Hall–Kier alpha value is -3.07. The van der Waals surface area contributed by atoms with Crippen LogP contribution in [-0.2, 0) is 11.3 Å². The molecule has 0 heterocycles. The molecule has 3 aromatic rings. The van der Waals surface area contributed by atoms with Gasteiger partial charge in [-0.05, 0) is 55.3 Å². The number of nitro benzene ring substituents is 1. The lowest BCUT2D eigenvalue weighted by Gasteiger charge is -2.26. The highest BCUT2D eigenvalue weighted by Gasteiger charge is 2.18. The molecule has 0 aliphatic carbocycles. The van der Waals surface area contributed by atoms with Gasteiger partial charge in [-0.15, -0.1) is 0 Å². The Labute approximate surface area is 208 Å². The van der Waals surface area contributed by atoms with Gasteiger partial charge in [-0.25, -0.2) is 4.99 Å². The summed E-state index contributed by atoms with van der Waals surface area (Å²) in [4.78, 5) is 18.7. The van der Waals surface area contributed by atoms with Gasteiger partial charge >= 0.3 is 0 Å². The zero-order valence-corrected chi connectivity index (χ0v) is 20.8. The Morgan fingerprint density at radius 3 is 2.65 bits per heavy atom. The molecule has 0 aliphatic rings. The van der Waals surface area contributed by atoms with E-state index in [2.05, 4.69) is 6.07 Å². The van der Waals surface area contributed by atoms with Crippen LogP contribution >= 0.6 is 23.4 Å². The molecule has 0 bridgehead atoms. The first kappa shape index (κ1) is 25.6. The number of thioether (sulfide) groups is 1. The van der Waals surface area contributed by atoms with Gasteiger partial charge in [0.2, 0.25) is 0 Å². The maximum Gasteiger partial charge on any atom is 0.290 e. The zero-order valence-electron chi connectivity index (χ0n) is 19.2. The number of nitrogens with zero attached hydrogens (tertiary/aromatic N) is 3. The number of methoxy groups -OCH3 is 1. The third-order valence-corrected chi connectivity index (χ3v) is 6.53. The second kappa shape index (κ2) is 11.9. The second-order valence-corrected chi connectivity index (χ2v) is 9.16. The molecule has 0 spiro atoms. The summed E-state index contributed by atoms with van der Waals surface area (Å²) in [5.41, 5.74) is 3.37. The Bertz CT molecular complexity index is 1200. The topological polar surface area (TPSA) is 88.2 Å². The first-order valence-corrected chi connectivity index (χ1v) is 11.8. The first-order chi connectivity index (χ1) is 16.3. The van der Waals surface area contributed by atoms with Gasteiger partial charge in [0.15, 0.2) is 5.17 Å². The van der Waals surface area contributed by atoms with Crippen LogP contribution in [0.2, 0.25) is 5.02 Å². The van der Waals surface area contributed by atoms with Gasteiger partial charge in [-0.3, -0.25) is 10.1 Å². The number of ether oxygens (including phenoxy) is 1. The van der Waals surface area contributed by atoms with Crippen molar-refractivity contribution in [2.45, 2.75) is 25.3 Å². The van der Waals surface area contributed by atoms with Crippen LogP contribution in [-0.4, -0.2) is 40.4 Å². The largest absolute Gasteiger partial charge is 0.508 e. The first-order valence-electron chi connectivity index (χ1n) is 10.6. The van der Waals surface area contributed by atoms with Gasteiger partial charge in [0, 0.05) is 31.2 Å². The summed E-state index contributed by atoms with van der Waals surface area (Å²) in [7, 11) is 1.63. The maximum atomic E-state index is 11.4. The Balaban J connectivity index is 2.07. The molecule has 0 unspecified atom stereocenters. The van der Waals surface area contributed by atoms with Crippen molar-refractivity contribution in [1.29, 1.82) is 0 Å². The zero-order chi connectivity index (χ0) is 24.7. The van der Waals surface area contributed by atoms with E-state index in [1.165, 1.54) is 23.9 Å². The fourth-order valence-corrected chi connectivity index (χ4v) is 4.49. The fraction of sp³-hybridized carbons (Fsp3) is 0.240. The minimum absolute atomic E-state index is 0.0588. The average molecular weight is 500 g/mol. The average Bonchev–Trinajstić information content (AvgIpc) is 2.79. The molecule has 9 heteroatoms. The summed E-state index contributed by atoms with van der Waals surface area (Å²) in [6.45, 7) is 5.51. The predicted molar refractivity (Wildman–Crippen MR) is 137 cm³/mol. The molecule has 0 radical (unpaired) electrons. The number of benzene rings is 3. The van der Waals surface area contributed by atoms with Gasteiger partial charge in [0.25, 0.3) is 5.69 Å². The molecule has 7 nitrogen and oxygen atoms in total. The Morgan fingerprint density at radius 1 is 1.18 bits per heavy atom. The third-order valence-electron chi connectivity index (χ3n) is 5.00. The van der Waals surface area contributed by atoms with Crippen molar-refractivity contribution in [3.05, 3.63) is 92.5 Å². The molecule has 34 heavy (non-hydrogen) atoms. The lowest BCUT2D eigenvalue weighted by atomic mass is 10.2. The smallest absolute Gasteiger partial charge is 0.290 e. The predicted octanol–water partition coefficient (Wildman–Crippen LogP) is 6.50. The summed E-state index contributed by atoms with van der Waals surface area (Å²) < 4.78 is 5.33. The lowest BCUT2D eigenvalue weighted by molar-refractivity contribution is -0.384. The standard InChI is InChI=1S/C25H26ClN3O4S/c1-17-7-10-24(18(2)13-17)34-25(27-20-8-9-22(26)23(15-20)29(31)32)28(11-12-33-3)16-19-5-4-6-21(30)14-19/h4-10,13-15,30H,11-12,16H2,1-3H3. The molecule has 3 rings (SSSR count). The minimum atomic E-state index is -0.520. The van der Waals surface area contributed by atoms with Crippen molar-refractivity contribution in [3.8, 4) is 5.75 Å². The van der Waals surface area contributed by atoms with Crippen molar-refractivity contribution in [1.82, 2.24) is 4.90 Å². The summed E-state index contributed by atoms with van der Waals surface area (Å²) in [6, 6.07) is 17.7. The molecule has 0 aliphatic heterocycles. The highest BCUT2D eigenvalue weighted by atomic mass is 35.5. The number of phenolic OH excluding ortho intramolecular Hbond substituents is 1. The van der Waals surface area contributed by atoms with E-state index in [9.17, 15) is 15.2 Å². The van der Waals surface area contributed by atoms with E-state index >= 15 is 0 Å². The lowest BCUT2D eigenvalue weighted by Crippen LogP contribution is -2.31. The Morgan fingerprint density at radius 2 is 1.97 bits per heavy atom. The van der Waals surface area contributed by atoms with Crippen molar-refractivity contribution in [2.75, 3.05) is 20.3 Å². The van der Waals surface area contributed by atoms with E-state index in [1.54, 1.807) is 31.4 Å². The summed E-state index contributed by atoms with van der Waals surface area (Å²) in [5, 5.41) is 22.0. The quantitative estimate of drug-likeness (QED) is 0.125. The van der Waals surface area contributed by atoms with Crippen LogP contribution < -0.4 is 0 Å². The monoisotopic (exact) mass is 499 g/mol. The van der Waals surface area contributed by atoms with Gasteiger partial charge < -0.3 is 14.7 Å². The molecule has 1 N–H and O–H groups in total. The number of nitro groups is 1. The fourth-order valence-electron chi connectivity index (χ4n) is 3.31. The molecule has 0 atom stereocenters. The Kier molecular flexibility index (Phi) is 8.92. The number of aliphatic imine (C=N–C) groups is 1. The van der Waals surface area contributed by atoms with Gasteiger partial charge in [-0.2, -0.15) is 0 Å². The van der Waals surface area contributed by atoms with E-state index in [-0.39, 0.29) is 16.5 Å². The molecule has 0 aromatic heterocycles. The number of aryl methyl sites for hydroxylation is 2. The highest BCUT2D eigenvalue weighted by molar-refractivity contribution is 8.13. The van der Waals surface area contributed by atoms with E-state index < -0.39 is 4.92 Å². The number of hydrogen-bond donors (Lipinski definition) is 1. The van der Waals surface area contributed by atoms with Crippen LogP contribution in [0, 0.1) is 24.0 Å². The number of amidine groups is 1. The van der Waals surface area contributed by atoms with Crippen LogP contribution in [0.5, 0.6) is 5.75 Å². The SMILES string of the molecule is COCCN(Cc1cccc(O)c1)C(=Nc1ccc(Cl)c([N+](=O)[O-])c1)Sc1ccc(C)cc1C. The summed E-state index contributed by atoms with van der Waals surface area (Å²) >= 11 is 7.47. The molecule has 0 saturated heterocycles. The van der Waals surface area contributed by atoms with Crippen LogP contribution in [0.4, 0.5) is 11.4 Å². The van der Waals surface area contributed by atoms with Crippen LogP contribution in [0.1, 0.15) is 16.7 Å². The third kappa shape index (κ3) is 6.96. The van der Waals surface area contributed by atoms with Crippen molar-refractivity contribution in [3.63, 3.8) is 0 Å². The van der Waals surface area contributed by atoms with E-state index in [0.29, 0.717) is 30.6 Å². The number of hydrogen-bond acceptors (Lipinski definition) is 6. The highest BCUT2D eigenvalue weighted by Crippen LogP contribution is 2.32. The number of aromatic hydroxyl groups is 1. The van der Waals surface area contributed by atoms with Crippen molar-refractivity contribution >= 4 is 39.9 Å². The summed E-state index contributed by atoms with van der Waals surface area (Å²) in [6.07, 6.45) is 0. The second-order valence-electron chi connectivity index (χ2n) is 7.74. The molecule has 178 valence electrons. The number of phenols is 1. The number of halogens is 1. The molecule has 3 aromatic carbocycles. The molecular weight excluding hydrogens is 474 g/mol. The summed E-state index contributed by atoms with van der Waals surface area (Å²) in [5.74, 6) is 0.179. The minimum Gasteiger partial charge on any atom is -0.508 e. The van der Waals surface area contributed by atoms with Gasteiger partial charge in [-0.1, -0.05) is 53.2 Å². The van der Waals surface area contributed by atoms with Crippen LogP contribution in [0.25, 0.3) is 0 Å². The molecule has 0 amide bonds. The molecular formula is C25H26ClN3O4S. The van der Waals surface area contributed by atoms with E-state index in [4.69, 9.17) is 21.3 Å². The normalized spacial score (nSPS) is 11.5. The number of rotatable bonds is 8. The maximum absolute atomic E-state index is 11.4. The van der Waals surface area contributed by atoms with Crippen molar-refractivity contribution < 1.29 is 14.8 Å². The van der Waals surface area contributed by atoms with E-state index in [1.807, 2.05) is 36.9 Å². The van der Waals surface area contributed by atoms with E-state index in [0.717, 1.165) is 21.6 Å².